The van der Waals surface area contributed by atoms with Crippen LogP contribution in [0.5, 0.6) is 0 Å². The SMILES string of the molecule is CCCCCCCCCCCCCCCC(=O)N(CCCCCCCCCCCC)[C@@H]1O[C@H](CO)[C@@H](O)[C@H](O)[C@H]1NC(=O)[C@@H](N)CC(C)C. The smallest absolute Gasteiger partial charge is 0.237 e. The number of ether oxygens (including phenoxy) is 1. The number of nitrogens with zero attached hydrogens (tertiary/aromatic N) is 1. The minimum atomic E-state index is -1.43. The summed E-state index contributed by atoms with van der Waals surface area (Å²) in [7, 11) is 0. The molecule has 0 radical (unpaired) electrons. The van der Waals surface area contributed by atoms with Gasteiger partial charge in [0.2, 0.25) is 11.8 Å². The van der Waals surface area contributed by atoms with E-state index in [9.17, 15) is 24.9 Å². The highest BCUT2D eigenvalue weighted by Crippen LogP contribution is 2.26. The van der Waals surface area contributed by atoms with E-state index in [0.29, 0.717) is 19.4 Å². The minimum absolute atomic E-state index is 0.0880. The first-order valence-electron chi connectivity index (χ1n) is 20.7. The van der Waals surface area contributed by atoms with Gasteiger partial charge in [0, 0.05) is 13.0 Å². The quantitative estimate of drug-likeness (QED) is 0.0472. The maximum Gasteiger partial charge on any atom is 0.237 e. The molecule has 0 spiro atoms. The van der Waals surface area contributed by atoms with Crippen molar-refractivity contribution in [2.24, 2.45) is 11.7 Å². The second-order valence-electron chi connectivity index (χ2n) is 15.3. The average molecular weight is 698 g/mol. The van der Waals surface area contributed by atoms with Crippen LogP contribution in [0, 0.1) is 5.92 Å². The van der Waals surface area contributed by atoms with Gasteiger partial charge < -0.3 is 36.0 Å². The summed E-state index contributed by atoms with van der Waals surface area (Å²) in [6, 6.07) is -1.86. The number of aliphatic hydroxyl groups is 3. The fourth-order valence-corrected chi connectivity index (χ4v) is 7.01. The van der Waals surface area contributed by atoms with Gasteiger partial charge in [0.15, 0.2) is 6.23 Å². The molecule has 0 aromatic heterocycles. The molecule has 0 saturated carbocycles. The monoisotopic (exact) mass is 698 g/mol. The minimum Gasteiger partial charge on any atom is -0.394 e. The summed E-state index contributed by atoms with van der Waals surface area (Å²) in [5, 5.41) is 34.7. The van der Waals surface area contributed by atoms with Crippen LogP contribution < -0.4 is 11.1 Å². The van der Waals surface area contributed by atoms with Gasteiger partial charge in [0.25, 0.3) is 0 Å². The molecule has 1 rings (SSSR count). The third-order valence-corrected chi connectivity index (χ3v) is 10.1. The average Bonchev–Trinajstić information content (AvgIpc) is 3.07. The van der Waals surface area contributed by atoms with Crippen molar-refractivity contribution in [1.82, 2.24) is 10.2 Å². The zero-order valence-corrected chi connectivity index (χ0v) is 32.2. The second kappa shape index (κ2) is 29.3. The van der Waals surface area contributed by atoms with Crippen LogP contribution in [0.15, 0.2) is 0 Å². The van der Waals surface area contributed by atoms with Crippen molar-refractivity contribution in [3.8, 4) is 0 Å². The lowest BCUT2D eigenvalue weighted by molar-refractivity contribution is -0.231. The summed E-state index contributed by atoms with van der Waals surface area (Å²) >= 11 is 0. The highest BCUT2D eigenvalue weighted by Gasteiger charge is 2.48. The summed E-state index contributed by atoms with van der Waals surface area (Å²) in [6.45, 7) is 8.35. The molecule has 0 aromatic carbocycles. The highest BCUT2D eigenvalue weighted by molar-refractivity contribution is 5.82. The van der Waals surface area contributed by atoms with Crippen LogP contribution in [0.25, 0.3) is 0 Å². The number of carbonyl (C=O) groups excluding carboxylic acids is 2. The molecule has 9 nitrogen and oxygen atoms in total. The molecule has 290 valence electrons. The lowest BCUT2D eigenvalue weighted by atomic mass is 9.94. The largest absolute Gasteiger partial charge is 0.394 e. The molecule has 49 heavy (non-hydrogen) atoms. The lowest BCUT2D eigenvalue weighted by Gasteiger charge is -2.47. The second-order valence-corrected chi connectivity index (χ2v) is 15.3. The van der Waals surface area contributed by atoms with Crippen molar-refractivity contribution in [2.75, 3.05) is 13.2 Å². The predicted molar refractivity (Wildman–Crippen MR) is 201 cm³/mol. The summed E-state index contributed by atoms with van der Waals surface area (Å²) < 4.78 is 6.13. The lowest BCUT2D eigenvalue weighted by Crippen LogP contribution is -2.69. The van der Waals surface area contributed by atoms with Gasteiger partial charge in [-0.3, -0.25) is 9.59 Å². The number of aliphatic hydroxyl groups excluding tert-OH is 3. The molecular formula is C40H79N3O6. The zero-order valence-electron chi connectivity index (χ0n) is 32.2. The van der Waals surface area contributed by atoms with Crippen molar-refractivity contribution < 1.29 is 29.6 Å². The van der Waals surface area contributed by atoms with E-state index in [1.165, 1.54) is 109 Å². The van der Waals surface area contributed by atoms with Gasteiger partial charge >= 0.3 is 0 Å². The van der Waals surface area contributed by atoms with Crippen molar-refractivity contribution in [1.29, 1.82) is 0 Å². The van der Waals surface area contributed by atoms with E-state index in [-0.39, 0.29) is 11.8 Å². The van der Waals surface area contributed by atoms with Gasteiger partial charge in [0.05, 0.1) is 12.6 Å². The van der Waals surface area contributed by atoms with Crippen LogP contribution >= 0.6 is 0 Å². The Bertz CT molecular complexity index is 815. The molecule has 6 N–H and O–H groups in total. The molecule has 1 aliphatic heterocycles. The van der Waals surface area contributed by atoms with E-state index in [1.807, 2.05) is 13.8 Å². The molecule has 9 heteroatoms. The first-order valence-corrected chi connectivity index (χ1v) is 20.7. The molecule has 0 aromatic rings. The van der Waals surface area contributed by atoms with Gasteiger partial charge in [-0.1, -0.05) is 163 Å². The van der Waals surface area contributed by atoms with E-state index in [2.05, 4.69) is 19.2 Å². The Morgan fingerprint density at radius 2 is 1.12 bits per heavy atom. The molecule has 2 amide bonds. The Hall–Kier alpha value is -1.26. The first-order chi connectivity index (χ1) is 23.7. The summed E-state index contributed by atoms with van der Waals surface area (Å²) in [6.07, 6.45) is 23.5. The number of carbonyl (C=O) groups is 2. The molecule has 1 heterocycles. The third-order valence-electron chi connectivity index (χ3n) is 10.1. The van der Waals surface area contributed by atoms with Gasteiger partial charge in [-0.15, -0.1) is 0 Å². The normalized spacial score (nSPS) is 21.6. The van der Waals surface area contributed by atoms with Crippen molar-refractivity contribution in [3.63, 3.8) is 0 Å². The highest BCUT2D eigenvalue weighted by atomic mass is 16.5. The molecule has 0 bridgehead atoms. The Morgan fingerprint density at radius 3 is 1.55 bits per heavy atom. The third kappa shape index (κ3) is 20.4. The van der Waals surface area contributed by atoms with Gasteiger partial charge in [-0.25, -0.2) is 0 Å². The Labute approximate surface area is 300 Å². The number of hydrogen-bond acceptors (Lipinski definition) is 7. The fraction of sp³-hybridized carbons (Fsp3) is 0.950. The maximum absolute atomic E-state index is 13.8. The van der Waals surface area contributed by atoms with Crippen molar-refractivity contribution in [3.05, 3.63) is 0 Å². The number of amides is 2. The Kier molecular flexibility index (Phi) is 27.4. The standard InChI is InChI=1S/C40H79N3O6/c1-5-7-9-11-13-15-17-18-19-20-22-24-26-28-35(45)43(29-27-25-23-21-16-14-12-10-8-6-2)40-36(38(47)37(46)34(31-44)49-40)42-39(48)33(41)30-32(3)4/h32-34,36-38,40,44,46-47H,5-31,41H2,1-4H3,(H,42,48)/t33-,34+,36+,37+,38+,40+/m0/s1. The van der Waals surface area contributed by atoms with Crippen LogP contribution in [-0.2, 0) is 14.3 Å². The number of hydrogen-bond donors (Lipinski definition) is 5. The van der Waals surface area contributed by atoms with Crippen LogP contribution in [0.2, 0.25) is 0 Å². The topological polar surface area (TPSA) is 145 Å². The number of rotatable bonds is 31. The molecule has 1 fully saturated rings. The van der Waals surface area contributed by atoms with Gasteiger partial charge in [-0.2, -0.15) is 0 Å². The molecular weight excluding hydrogens is 618 g/mol. The molecule has 1 saturated heterocycles. The van der Waals surface area contributed by atoms with E-state index in [0.717, 1.165) is 38.5 Å². The van der Waals surface area contributed by atoms with Crippen LogP contribution in [0.3, 0.4) is 0 Å². The molecule has 0 unspecified atom stereocenters. The van der Waals surface area contributed by atoms with Gasteiger partial charge in [0.1, 0.15) is 24.4 Å². The Morgan fingerprint density at radius 1 is 0.694 bits per heavy atom. The predicted octanol–water partition coefficient (Wildman–Crippen LogP) is 7.51. The first kappa shape index (κ1) is 45.8. The van der Waals surface area contributed by atoms with Crippen LogP contribution in [0.4, 0.5) is 0 Å². The molecule has 0 aliphatic carbocycles. The summed E-state index contributed by atoms with van der Waals surface area (Å²) in [5.41, 5.74) is 6.17. The molecule has 6 atom stereocenters. The van der Waals surface area contributed by atoms with E-state index >= 15 is 0 Å². The van der Waals surface area contributed by atoms with Crippen molar-refractivity contribution in [2.45, 2.75) is 225 Å². The van der Waals surface area contributed by atoms with E-state index in [4.69, 9.17) is 10.5 Å². The van der Waals surface area contributed by atoms with Crippen molar-refractivity contribution >= 4 is 11.8 Å². The van der Waals surface area contributed by atoms with E-state index < -0.39 is 49.1 Å². The molecule has 1 aliphatic rings. The van der Waals surface area contributed by atoms with E-state index in [1.54, 1.807) is 4.90 Å². The van der Waals surface area contributed by atoms with Gasteiger partial charge in [-0.05, 0) is 25.2 Å². The zero-order chi connectivity index (χ0) is 36.3. The fourth-order valence-electron chi connectivity index (χ4n) is 7.01. The summed E-state index contributed by atoms with van der Waals surface area (Å²) in [5.74, 6) is -0.345. The Balaban J connectivity index is 2.78. The number of unbranched alkanes of at least 4 members (excludes halogenated alkanes) is 21. The van der Waals surface area contributed by atoms with Crippen LogP contribution in [0.1, 0.15) is 188 Å². The van der Waals surface area contributed by atoms with Crippen LogP contribution in [-0.4, -0.2) is 81.8 Å². The maximum atomic E-state index is 13.8. The number of nitrogens with one attached hydrogen (secondary N) is 1. The number of nitrogens with two attached hydrogens (primary N) is 1. The summed E-state index contributed by atoms with van der Waals surface area (Å²) in [4.78, 5) is 28.6.